The highest BCUT2D eigenvalue weighted by molar-refractivity contribution is 5.95. The summed E-state index contributed by atoms with van der Waals surface area (Å²) in [5.41, 5.74) is 1.35. The first kappa shape index (κ1) is 20.2. The van der Waals surface area contributed by atoms with Gasteiger partial charge in [0.2, 0.25) is 0 Å². The molecule has 2 N–H and O–H groups in total. The number of ether oxygens (including phenoxy) is 1. The number of likely N-dealkylation sites (tertiary alicyclic amines) is 1. The molecule has 0 aromatic heterocycles. The van der Waals surface area contributed by atoms with Crippen molar-refractivity contribution in [3.63, 3.8) is 0 Å². The van der Waals surface area contributed by atoms with Crippen molar-refractivity contribution in [1.29, 1.82) is 0 Å². The van der Waals surface area contributed by atoms with Gasteiger partial charge in [-0.15, -0.1) is 0 Å². The van der Waals surface area contributed by atoms with Crippen LogP contribution in [0.2, 0.25) is 0 Å². The Labute approximate surface area is 155 Å². The van der Waals surface area contributed by atoms with Gasteiger partial charge in [0.1, 0.15) is 0 Å². The van der Waals surface area contributed by atoms with Gasteiger partial charge in [-0.1, -0.05) is 6.92 Å². The molecule has 3 amide bonds. The van der Waals surface area contributed by atoms with Crippen LogP contribution in [0.3, 0.4) is 0 Å². The molecule has 1 aliphatic rings. The number of rotatable bonds is 7. The summed E-state index contributed by atoms with van der Waals surface area (Å²) in [6.07, 6.45) is 1.09. The molecule has 1 aromatic carbocycles. The summed E-state index contributed by atoms with van der Waals surface area (Å²) < 4.78 is 4.90. The topological polar surface area (TPSA) is 73.9 Å². The first-order valence-electron chi connectivity index (χ1n) is 8.91. The van der Waals surface area contributed by atoms with Gasteiger partial charge in [0.25, 0.3) is 5.91 Å². The molecule has 1 aromatic rings. The highest BCUT2D eigenvalue weighted by Crippen LogP contribution is 2.29. The maximum Gasteiger partial charge on any atom is 0.321 e. The lowest BCUT2D eigenvalue weighted by atomic mass is 9.89. The molecule has 0 aliphatic carbocycles. The second-order valence-electron chi connectivity index (χ2n) is 7.41. The van der Waals surface area contributed by atoms with E-state index in [9.17, 15) is 9.59 Å². The third-order valence-corrected chi connectivity index (χ3v) is 4.70. The number of urea groups is 1. The molecule has 1 fully saturated rings. The number of nitrogens with zero attached hydrogens (tertiary/aromatic N) is 2. The lowest BCUT2D eigenvalue weighted by molar-refractivity contribution is 0.0937. The monoisotopic (exact) mass is 362 g/mol. The number of amides is 3. The van der Waals surface area contributed by atoms with Crippen molar-refractivity contribution in [1.82, 2.24) is 15.1 Å². The molecule has 1 aliphatic heterocycles. The van der Waals surface area contributed by atoms with E-state index >= 15 is 0 Å². The third-order valence-electron chi connectivity index (χ3n) is 4.70. The second-order valence-corrected chi connectivity index (χ2v) is 7.41. The summed E-state index contributed by atoms with van der Waals surface area (Å²) in [6, 6.07) is 6.73. The normalized spacial score (nSPS) is 20.0. The van der Waals surface area contributed by atoms with Crippen molar-refractivity contribution < 1.29 is 14.3 Å². The second kappa shape index (κ2) is 9.00. The molecule has 7 nitrogen and oxygen atoms in total. The number of carbonyl (C=O) groups excluding carboxylic acids is 2. The van der Waals surface area contributed by atoms with Crippen LogP contribution in [0.5, 0.6) is 0 Å². The van der Waals surface area contributed by atoms with Crippen LogP contribution >= 0.6 is 0 Å². The van der Waals surface area contributed by atoms with Gasteiger partial charge in [-0.05, 0) is 49.7 Å². The summed E-state index contributed by atoms with van der Waals surface area (Å²) in [4.78, 5) is 28.4. The first-order valence-corrected chi connectivity index (χ1v) is 8.91. The third kappa shape index (κ3) is 5.71. The maximum atomic E-state index is 12.4. The Morgan fingerprint density at radius 3 is 2.58 bits per heavy atom. The minimum absolute atomic E-state index is 0.130. The predicted octanol–water partition coefficient (Wildman–Crippen LogP) is 1.87. The van der Waals surface area contributed by atoms with E-state index in [1.165, 1.54) is 0 Å². The Bertz CT molecular complexity index is 620. The van der Waals surface area contributed by atoms with Gasteiger partial charge < -0.3 is 25.2 Å². The molecule has 1 saturated heterocycles. The molecule has 0 radical (unpaired) electrons. The van der Waals surface area contributed by atoms with E-state index in [1.54, 1.807) is 36.3 Å². The van der Waals surface area contributed by atoms with Gasteiger partial charge in [0.15, 0.2) is 0 Å². The van der Waals surface area contributed by atoms with E-state index in [1.807, 2.05) is 7.05 Å². The first-order chi connectivity index (χ1) is 12.3. The summed E-state index contributed by atoms with van der Waals surface area (Å²) in [7, 11) is 5.51. The van der Waals surface area contributed by atoms with Crippen molar-refractivity contribution >= 4 is 17.6 Å². The zero-order valence-corrected chi connectivity index (χ0v) is 16.2. The van der Waals surface area contributed by atoms with Crippen LogP contribution in [-0.2, 0) is 4.74 Å². The van der Waals surface area contributed by atoms with Crippen LogP contribution in [-0.4, -0.2) is 75.7 Å². The smallest absolute Gasteiger partial charge is 0.321 e. The average Bonchev–Trinajstić information content (AvgIpc) is 2.94. The number of benzene rings is 1. The molecular formula is C19H30N4O3. The predicted molar refractivity (Wildman–Crippen MR) is 103 cm³/mol. The summed E-state index contributed by atoms with van der Waals surface area (Å²) in [5.74, 6) is -0.157. The molecule has 1 heterocycles. The Kier molecular flexibility index (Phi) is 6.99. The molecule has 26 heavy (non-hydrogen) atoms. The highest BCUT2D eigenvalue weighted by atomic mass is 16.5. The summed E-state index contributed by atoms with van der Waals surface area (Å²) >= 11 is 0. The number of hydrogen-bond donors (Lipinski definition) is 2. The largest absolute Gasteiger partial charge is 0.383 e. The van der Waals surface area contributed by atoms with Crippen molar-refractivity contribution in [2.45, 2.75) is 13.3 Å². The van der Waals surface area contributed by atoms with Gasteiger partial charge in [0, 0.05) is 45.0 Å². The van der Waals surface area contributed by atoms with Gasteiger partial charge >= 0.3 is 6.03 Å². The zero-order chi connectivity index (χ0) is 19.2. The van der Waals surface area contributed by atoms with E-state index in [2.05, 4.69) is 29.5 Å². The van der Waals surface area contributed by atoms with Crippen molar-refractivity contribution in [2.75, 3.05) is 59.3 Å². The minimum atomic E-state index is -0.157. The molecule has 0 bridgehead atoms. The fourth-order valence-corrected chi connectivity index (χ4v) is 3.34. The van der Waals surface area contributed by atoms with E-state index in [0.29, 0.717) is 30.9 Å². The van der Waals surface area contributed by atoms with Crippen molar-refractivity contribution in [3.8, 4) is 0 Å². The van der Waals surface area contributed by atoms with Gasteiger partial charge in [-0.25, -0.2) is 4.79 Å². The zero-order valence-electron chi connectivity index (χ0n) is 16.2. The molecule has 144 valence electrons. The fourth-order valence-electron chi connectivity index (χ4n) is 3.34. The SMILES string of the molecule is COCCNC(=O)c1ccc(NC(=O)N(C)C[C@@]2(C)CCN(C)C2)cc1. The lowest BCUT2D eigenvalue weighted by Gasteiger charge is -2.30. The number of methoxy groups -OCH3 is 1. The van der Waals surface area contributed by atoms with Crippen LogP contribution in [0.1, 0.15) is 23.7 Å². The Morgan fingerprint density at radius 1 is 1.31 bits per heavy atom. The Morgan fingerprint density at radius 2 is 2.00 bits per heavy atom. The van der Waals surface area contributed by atoms with E-state index in [-0.39, 0.29) is 17.4 Å². The Balaban J connectivity index is 1.85. The minimum Gasteiger partial charge on any atom is -0.383 e. The van der Waals surface area contributed by atoms with Gasteiger partial charge in [-0.3, -0.25) is 4.79 Å². The van der Waals surface area contributed by atoms with Crippen LogP contribution in [0.4, 0.5) is 10.5 Å². The molecular weight excluding hydrogens is 332 g/mol. The summed E-state index contributed by atoms with van der Waals surface area (Å²) in [6.45, 7) is 5.94. The van der Waals surface area contributed by atoms with Crippen LogP contribution < -0.4 is 10.6 Å². The molecule has 1 atom stereocenters. The van der Waals surface area contributed by atoms with Crippen molar-refractivity contribution in [2.24, 2.45) is 5.41 Å². The molecule has 0 saturated carbocycles. The van der Waals surface area contributed by atoms with E-state index in [0.717, 1.165) is 19.5 Å². The van der Waals surface area contributed by atoms with Crippen LogP contribution in [0.15, 0.2) is 24.3 Å². The molecule has 2 rings (SSSR count). The van der Waals surface area contributed by atoms with Crippen molar-refractivity contribution in [3.05, 3.63) is 29.8 Å². The summed E-state index contributed by atoms with van der Waals surface area (Å²) in [5, 5.41) is 5.65. The highest BCUT2D eigenvalue weighted by Gasteiger charge is 2.34. The van der Waals surface area contributed by atoms with E-state index < -0.39 is 0 Å². The maximum absolute atomic E-state index is 12.4. The van der Waals surface area contributed by atoms with E-state index in [4.69, 9.17) is 4.74 Å². The number of carbonyl (C=O) groups is 2. The van der Waals surface area contributed by atoms with Gasteiger partial charge in [0.05, 0.1) is 6.61 Å². The lowest BCUT2D eigenvalue weighted by Crippen LogP contribution is -2.40. The molecule has 0 spiro atoms. The number of anilines is 1. The number of nitrogens with one attached hydrogen (secondary N) is 2. The molecule has 0 unspecified atom stereocenters. The van der Waals surface area contributed by atoms with Crippen LogP contribution in [0, 0.1) is 5.41 Å². The molecule has 7 heteroatoms. The quantitative estimate of drug-likeness (QED) is 0.726. The van der Waals surface area contributed by atoms with Crippen LogP contribution in [0.25, 0.3) is 0 Å². The van der Waals surface area contributed by atoms with Gasteiger partial charge in [-0.2, -0.15) is 0 Å². The standard InChI is InChI=1S/C19H30N4O3/c1-19(9-11-22(2)13-19)14-23(3)18(25)21-16-7-5-15(6-8-16)17(24)20-10-12-26-4/h5-8H,9-14H2,1-4H3,(H,20,24)(H,21,25)/t19-/m0/s1. The average molecular weight is 362 g/mol. The Hall–Kier alpha value is -2.12. The number of hydrogen-bond acceptors (Lipinski definition) is 4. The fraction of sp³-hybridized carbons (Fsp3) is 0.579.